The van der Waals surface area contributed by atoms with Gasteiger partial charge in [0, 0.05) is 12.3 Å². The Balaban J connectivity index is 1.84. The molecule has 0 aromatic rings. The van der Waals surface area contributed by atoms with Crippen LogP contribution in [0.4, 0.5) is 4.39 Å². The first kappa shape index (κ1) is 14.3. The summed E-state index contributed by atoms with van der Waals surface area (Å²) in [4.78, 5) is 11.7. The van der Waals surface area contributed by atoms with E-state index in [1.807, 2.05) is 27.7 Å². The largest absolute Gasteiger partial charge is 0.525 e. The molecule has 1 saturated heterocycles. The van der Waals surface area contributed by atoms with Crippen molar-refractivity contribution in [2.75, 3.05) is 0 Å². The van der Waals surface area contributed by atoms with Crippen LogP contribution in [0.1, 0.15) is 53.4 Å². The number of ketones is 1. The predicted molar refractivity (Wildman–Crippen MR) is 74.7 cm³/mol. The first-order valence-electron chi connectivity index (χ1n) is 7.50. The highest BCUT2D eigenvalue weighted by Gasteiger charge is 2.54. The average molecular weight is 280 g/mol. The Hall–Kier alpha value is -0.675. The zero-order valence-electron chi connectivity index (χ0n) is 12.7. The minimum Gasteiger partial charge on any atom is -0.398 e. The summed E-state index contributed by atoms with van der Waals surface area (Å²) in [7, 11) is -0.913. The fourth-order valence-electron chi connectivity index (χ4n) is 3.33. The van der Waals surface area contributed by atoms with Gasteiger partial charge in [-0.2, -0.15) is 0 Å². The highest BCUT2D eigenvalue weighted by molar-refractivity contribution is 6.53. The third-order valence-electron chi connectivity index (χ3n) is 5.54. The molecular weight excluding hydrogens is 258 g/mol. The molecule has 2 aliphatic carbocycles. The lowest BCUT2D eigenvalue weighted by Crippen LogP contribution is -2.41. The summed E-state index contributed by atoms with van der Waals surface area (Å²) in [5.74, 6) is 0.439. The fourth-order valence-corrected chi connectivity index (χ4v) is 3.33. The van der Waals surface area contributed by atoms with E-state index in [-0.39, 0.29) is 17.6 Å². The van der Waals surface area contributed by atoms with Gasteiger partial charge in [-0.3, -0.25) is 4.79 Å². The Morgan fingerprint density at radius 3 is 2.15 bits per heavy atom. The third kappa shape index (κ3) is 1.98. The van der Waals surface area contributed by atoms with Crippen molar-refractivity contribution < 1.29 is 18.5 Å². The van der Waals surface area contributed by atoms with Gasteiger partial charge in [-0.15, -0.1) is 0 Å². The monoisotopic (exact) mass is 280 g/mol. The number of hydrogen-bond acceptors (Lipinski definition) is 3. The molecule has 2 saturated carbocycles. The van der Waals surface area contributed by atoms with Gasteiger partial charge in [0.2, 0.25) is 0 Å². The van der Waals surface area contributed by atoms with Crippen LogP contribution < -0.4 is 0 Å². The number of halogens is 1. The van der Waals surface area contributed by atoms with E-state index in [2.05, 4.69) is 0 Å². The molecule has 2 atom stereocenters. The summed E-state index contributed by atoms with van der Waals surface area (Å²) in [6, 6.07) is 0. The van der Waals surface area contributed by atoms with Crippen molar-refractivity contribution in [2.45, 2.75) is 64.6 Å². The van der Waals surface area contributed by atoms with Crippen molar-refractivity contribution >= 4 is 12.9 Å². The summed E-state index contributed by atoms with van der Waals surface area (Å²) in [5.41, 5.74) is -0.580. The third-order valence-corrected chi connectivity index (χ3v) is 5.54. The molecule has 0 amide bonds. The summed E-state index contributed by atoms with van der Waals surface area (Å²) < 4.78 is 26.3. The maximum atomic E-state index is 14.8. The van der Waals surface area contributed by atoms with Crippen LogP contribution in [0.5, 0.6) is 0 Å². The van der Waals surface area contributed by atoms with Gasteiger partial charge in [-0.1, -0.05) is 0 Å². The molecule has 3 fully saturated rings. The first-order valence-corrected chi connectivity index (χ1v) is 7.50. The van der Waals surface area contributed by atoms with Crippen molar-refractivity contribution in [3.8, 4) is 0 Å². The van der Waals surface area contributed by atoms with Crippen molar-refractivity contribution in [2.24, 2.45) is 11.8 Å². The van der Waals surface area contributed by atoms with E-state index in [1.54, 1.807) is 0 Å². The molecule has 0 aromatic heterocycles. The standard InChI is InChI=1S/C15H22BFO3/c1-14(2)15(3,4)20-16(19-14)13(17)11-7-8-12(18)10-6-5-9(10)11/h9-10H,5-8H2,1-4H3. The second kappa shape index (κ2) is 4.41. The van der Waals surface area contributed by atoms with Crippen LogP contribution in [-0.2, 0) is 14.1 Å². The minimum atomic E-state index is -0.913. The maximum absolute atomic E-state index is 14.8. The highest BCUT2D eigenvalue weighted by Crippen LogP contribution is 2.49. The molecule has 3 nitrogen and oxygen atoms in total. The van der Waals surface area contributed by atoms with Crippen LogP contribution in [-0.4, -0.2) is 24.1 Å². The highest BCUT2D eigenvalue weighted by atomic mass is 19.1. The molecule has 1 heterocycles. The molecule has 5 heteroatoms. The number of fused-ring (bicyclic) bond motifs is 1. The Labute approximate surface area is 120 Å². The van der Waals surface area contributed by atoms with Crippen LogP contribution in [0.2, 0.25) is 0 Å². The molecule has 110 valence electrons. The normalized spacial score (nSPS) is 37.5. The zero-order valence-corrected chi connectivity index (χ0v) is 12.7. The van der Waals surface area contributed by atoms with E-state index in [0.717, 1.165) is 18.4 Å². The lowest BCUT2D eigenvalue weighted by Gasteiger charge is -2.41. The molecule has 3 aliphatic rings. The topological polar surface area (TPSA) is 35.5 Å². The number of rotatable bonds is 1. The van der Waals surface area contributed by atoms with Gasteiger partial charge in [0.05, 0.1) is 11.2 Å². The SMILES string of the molecule is CC1(C)OB(C(F)=C2CCC(=O)C3CCC23)OC1(C)C. The molecule has 1 aliphatic heterocycles. The quantitative estimate of drug-likeness (QED) is 0.692. The lowest BCUT2D eigenvalue weighted by molar-refractivity contribution is -0.128. The average Bonchev–Trinajstić information content (AvgIpc) is 2.50. The molecule has 0 spiro atoms. The number of hydrogen-bond donors (Lipinski definition) is 0. The molecule has 0 bridgehead atoms. The molecule has 20 heavy (non-hydrogen) atoms. The van der Waals surface area contributed by atoms with Gasteiger partial charge >= 0.3 is 7.12 Å². The molecule has 0 aromatic carbocycles. The number of carbonyl (C=O) groups is 1. The molecule has 0 radical (unpaired) electrons. The molecular formula is C15H22BFO3. The van der Waals surface area contributed by atoms with Crippen molar-refractivity contribution in [3.63, 3.8) is 0 Å². The van der Waals surface area contributed by atoms with E-state index in [0.29, 0.717) is 18.6 Å². The van der Waals surface area contributed by atoms with Gasteiger partial charge in [0.1, 0.15) is 11.5 Å². The van der Waals surface area contributed by atoms with Crippen LogP contribution in [0.15, 0.2) is 11.3 Å². The lowest BCUT2D eigenvalue weighted by atomic mass is 9.60. The van der Waals surface area contributed by atoms with Gasteiger partial charge < -0.3 is 9.31 Å². The zero-order chi connectivity index (χ0) is 14.7. The van der Waals surface area contributed by atoms with Crippen LogP contribution in [0.3, 0.4) is 0 Å². The Bertz CT molecular complexity index is 468. The maximum Gasteiger partial charge on any atom is 0.525 e. The van der Waals surface area contributed by atoms with Crippen molar-refractivity contribution in [1.29, 1.82) is 0 Å². The van der Waals surface area contributed by atoms with Crippen LogP contribution in [0, 0.1) is 11.8 Å². The van der Waals surface area contributed by atoms with Crippen LogP contribution in [0.25, 0.3) is 0 Å². The molecule has 0 N–H and O–H groups in total. The fraction of sp³-hybridized carbons (Fsp3) is 0.800. The Kier molecular flexibility index (Phi) is 3.14. The smallest absolute Gasteiger partial charge is 0.398 e. The second-order valence-corrected chi connectivity index (χ2v) is 7.22. The van der Waals surface area contributed by atoms with E-state index in [9.17, 15) is 9.18 Å². The van der Waals surface area contributed by atoms with Gasteiger partial charge in [0.25, 0.3) is 0 Å². The van der Waals surface area contributed by atoms with E-state index in [1.165, 1.54) is 0 Å². The van der Waals surface area contributed by atoms with Crippen molar-refractivity contribution in [1.82, 2.24) is 0 Å². The number of carbonyl (C=O) groups excluding carboxylic acids is 1. The number of Topliss-reactive ketones (excluding diaryl/α,β-unsaturated/α-hetero) is 1. The Morgan fingerprint density at radius 1 is 1.10 bits per heavy atom. The first-order chi connectivity index (χ1) is 9.23. The van der Waals surface area contributed by atoms with E-state index in [4.69, 9.17) is 9.31 Å². The summed E-state index contributed by atoms with van der Waals surface area (Å²) in [6.07, 6.45) is 2.81. The Morgan fingerprint density at radius 2 is 1.65 bits per heavy atom. The summed E-state index contributed by atoms with van der Waals surface area (Å²) in [5, 5.41) is 0. The van der Waals surface area contributed by atoms with Gasteiger partial charge in [-0.05, 0) is 58.4 Å². The molecule has 2 unspecified atom stereocenters. The summed E-state index contributed by atoms with van der Waals surface area (Å²) >= 11 is 0. The summed E-state index contributed by atoms with van der Waals surface area (Å²) in [6.45, 7) is 7.67. The van der Waals surface area contributed by atoms with Gasteiger partial charge in [0.15, 0.2) is 0 Å². The van der Waals surface area contributed by atoms with E-state index < -0.39 is 18.3 Å². The minimum absolute atomic E-state index is 0.0481. The van der Waals surface area contributed by atoms with Gasteiger partial charge in [-0.25, -0.2) is 4.39 Å². The second-order valence-electron chi connectivity index (χ2n) is 7.22. The number of allylic oxidation sites excluding steroid dienone is 1. The van der Waals surface area contributed by atoms with Crippen molar-refractivity contribution in [3.05, 3.63) is 11.3 Å². The predicted octanol–water partition coefficient (Wildman–Crippen LogP) is 3.23. The van der Waals surface area contributed by atoms with E-state index >= 15 is 0 Å². The molecule has 3 rings (SSSR count). The van der Waals surface area contributed by atoms with Crippen LogP contribution >= 0.6 is 0 Å².